The summed E-state index contributed by atoms with van der Waals surface area (Å²) in [5.41, 5.74) is 14.3. The van der Waals surface area contributed by atoms with Gasteiger partial charge >= 0.3 is 0 Å². The van der Waals surface area contributed by atoms with Crippen molar-refractivity contribution in [2.45, 2.75) is 56.7 Å². The van der Waals surface area contributed by atoms with Crippen molar-refractivity contribution in [2.24, 2.45) is 17.4 Å². The summed E-state index contributed by atoms with van der Waals surface area (Å²) >= 11 is 0. The number of carbonyl (C=O) groups is 3. The molecule has 4 atom stereocenters. The van der Waals surface area contributed by atoms with Crippen LogP contribution in [-0.4, -0.2) is 72.2 Å². The third kappa shape index (κ3) is 7.50. The van der Waals surface area contributed by atoms with Crippen LogP contribution in [0.25, 0.3) is 11.1 Å². The van der Waals surface area contributed by atoms with E-state index in [-0.39, 0.29) is 42.6 Å². The van der Waals surface area contributed by atoms with Crippen LogP contribution in [0.5, 0.6) is 11.5 Å². The highest BCUT2D eigenvalue weighted by atomic mass is 16.3. The van der Waals surface area contributed by atoms with E-state index in [9.17, 15) is 24.6 Å². The lowest BCUT2D eigenvalue weighted by Gasteiger charge is -2.26. The second-order valence-corrected chi connectivity index (χ2v) is 10.7. The minimum absolute atomic E-state index is 0.00218. The number of benzene rings is 2. The highest BCUT2D eigenvalue weighted by Crippen LogP contribution is 2.31. The van der Waals surface area contributed by atoms with Crippen LogP contribution in [0.2, 0.25) is 0 Å². The van der Waals surface area contributed by atoms with Gasteiger partial charge in [0.15, 0.2) is 0 Å². The second-order valence-electron chi connectivity index (χ2n) is 10.7. The Labute approximate surface area is 234 Å². The Kier molecular flexibility index (Phi) is 9.97. The number of hydrogen-bond acceptors (Lipinski definition) is 8. The SMILES string of the molecule is NCCC[C@H]1NC(=O)[C@@H](N)Cc2cc(ccc2O)-c2ccc(O)c(c2)C[C@H](C(=O)NCC2CCCNC2)NC1=O. The molecule has 0 spiro atoms. The van der Waals surface area contributed by atoms with Crippen LogP contribution in [0.1, 0.15) is 36.8 Å². The van der Waals surface area contributed by atoms with Crippen LogP contribution in [0.4, 0.5) is 0 Å². The molecule has 2 heterocycles. The van der Waals surface area contributed by atoms with Crippen molar-refractivity contribution in [1.29, 1.82) is 0 Å². The molecule has 216 valence electrons. The number of piperidine rings is 1. The first-order chi connectivity index (χ1) is 19.2. The smallest absolute Gasteiger partial charge is 0.243 e. The predicted molar refractivity (Wildman–Crippen MR) is 151 cm³/mol. The lowest BCUT2D eigenvalue weighted by Crippen LogP contribution is -2.57. The quantitative estimate of drug-likeness (QED) is 0.246. The average molecular weight is 553 g/mol. The van der Waals surface area contributed by atoms with Crippen LogP contribution >= 0.6 is 0 Å². The monoisotopic (exact) mass is 552 g/mol. The molecular weight excluding hydrogens is 512 g/mol. The summed E-state index contributed by atoms with van der Waals surface area (Å²) in [6, 6.07) is 7.04. The fourth-order valence-corrected chi connectivity index (χ4v) is 5.22. The fourth-order valence-electron chi connectivity index (χ4n) is 5.22. The van der Waals surface area contributed by atoms with E-state index in [0.717, 1.165) is 37.1 Å². The molecule has 2 aromatic rings. The zero-order valence-electron chi connectivity index (χ0n) is 22.6. The van der Waals surface area contributed by atoms with Crippen LogP contribution in [0.3, 0.4) is 0 Å². The first-order valence-electron chi connectivity index (χ1n) is 13.9. The molecular formula is C29H40N6O5. The molecule has 0 aliphatic carbocycles. The first kappa shape index (κ1) is 29.3. The van der Waals surface area contributed by atoms with E-state index in [0.29, 0.717) is 30.6 Å². The van der Waals surface area contributed by atoms with Gasteiger partial charge in [-0.1, -0.05) is 12.1 Å². The van der Waals surface area contributed by atoms with E-state index < -0.39 is 29.9 Å². The van der Waals surface area contributed by atoms with E-state index in [2.05, 4.69) is 21.3 Å². The molecule has 3 amide bonds. The largest absolute Gasteiger partial charge is 0.508 e. The number of amides is 3. The van der Waals surface area contributed by atoms with Crippen molar-refractivity contribution in [1.82, 2.24) is 21.3 Å². The molecule has 10 N–H and O–H groups in total. The van der Waals surface area contributed by atoms with Crippen molar-refractivity contribution in [2.75, 3.05) is 26.2 Å². The number of carbonyl (C=O) groups excluding carboxylic acids is 3. The number of phenolic OH excluding ortho intramolecular Hbond substituents is 2. The van der Waals surface area contributed by atoms with Gasteiger partial charge in [0.05, 0.1) is 6.04 Å². The van der Waals surface area contributed by atoms with Gasteiger partial charge in [-0.3, -0.25) is 14.4 Å². The van der Waals surface area contributed by atoms with Gasteiger partial charge < -0.3 is 42.9 Å². The highest BCUT2D eigenvalue weighted by molar-refractivity contribution is 5.93. The fraction of sp³-hybridized carbons (Fsp3) is 0.483. The predicted octanol–water partition coefficient (Wildman–Crippen LogP) is 0.0150. The van der Waals surface area contributed by atoms with Crippen LogP contribution in [0.15, 0.2) is 36.4 Å². The molecule has 2 aliphatic rings. The molecule has 1 saturated heterocycles. The lowest BCUT2D eigenvalue weighted by atomic mass is 9.95. The zero-order valence-corrected chi connectivity index (χ0v) is 22.6. The van der Waals surface area contributed by atoms with Gasteiger partial charge in [-0.25, -0.2) is 0 Å². The van der Waals surface area contributed by atoms with Crippen molar-refractivity contribution in [3.8, 4) is 22.6 Å². The lowest BCUT2D eigenvalue weighted by molar-refractivity contribution is -0.132. The number of nitrogens with one attached hydrogen (secondary N) is 4. The molecule has 0 saturated carbocycles. The molecule has 11 heteroatoms. The first-order valence-corrected chi connectivity index (χ1v) is 13.9. The number of phenols is 2. The van der Waals surface area contributed by atoms with Gasteiger partial charge in [0.25, 0.3) is 0 Å². The topological polar surface area (TPSA) is 192 Å². The average Bonchev–Trinajstić information content (AvgIpc) is 2.95. The molecule has 4 rings (SSSR count). The molecule has 2 aliphatic heterocycles. The Morgan fingerprint density at radius 1 is 0.975 bits per heavy atom. The third-order valence-corrected chi connectivity index (χ3v) is 7.62. The molecule has 2 aromatic carbocycles. The second kappa shape index (κ2) is 13.6. The van der Waals surface area contributed by atoms with Gasteiger partial charge in [-0.05, 0) is 97.8 Å². The highest BCUT2D eigenvalue weighted by Gasteiger charge is 2.30. The van der Waals surface area contributed by atoms with E-state index in [1.807, 2.05) is 0 Å². The Hall–Kier alpha value is -3.67. The Morgan fingerprint density at radius 3 is 2.27 bits per heavy atom. The van der Waals surface area contributed by atoms with E-state index in [1.54, 1.807) is 30.3 Å². The summed E-state index contributed by atoms with van der Waals surface area (Å²) < 4.78 is 0. The molecule has 4 bridgehead atoms. The standard InChI is InChI=1S/C29H40N6O5/c30-9-1-4-23-29(40)35-24(28(39)33-16-17-3-2-10-32-15-17)14-21-12-19(6-8-26(21)37)18-5-7-25(36)20(11-18)13-22(31)27(38)34-23/h5-8,11-12,17,22-24,32,36-37H,1-4,9-10,13-16,30-31H2,(H,33,39)(H,34,38)(H,35,40)/t17?,22-,23+,24+/m0/s1. The third-order valence-electron chi connectivity index (χ3n) is 7.62. The van der Waals surface area contributed by atoms with Crippen LogP contribution in [-0.2, 0) is 27.2 Å². The van der Waals surface area contributed by atoms with Crippen molar-refractivity contribution in [3.05, 3.63) is 47.5 Å². The summed E-state index contributed by atoms with van der Waals surface area (Å²) in [4.78, 5) is 39.9. The van der Waals surface area contributed by atoms with Gasteiger partial charge in [0.1, 0.15) is 23.6 Å². The number of fused-ring (bicyclic) bond motifs is 5. The molecule has 0 radical (unpaired) electrons. The molecule has 40 heavy (non-hydrogen) atoms. The number of hydrogen-bond donors (Lipinski definition) is 8. The van der Waals surface area contributed by atoms with Crippen LogP contribution in [0, 0.1) is 5.92 Å². The minimum atomic E-state index is -1.03. The number of aromatic hydroxyl groups is 2. The Morgan fingerprint density at radius 2 is 1.65 bits per heavy atom. The Balaban J connectivity index is 1.69. The number of nitrogens with two attached hydrogens (primary N) is 2. The van der Waals surface area contributed by atoms with Gasteiger partial charge in [0, 0.05) is 19.4 Å². The van der Waals surface area contributed by atoms with Gasteiger partial charge in [0.2, 0.25) is 17.7 Å². The van der Waals surface area contributed by atoms with E-state index in [1.165, 1.54) is 6.07 Å². The van der Waals surface area contributed by atoms with E-state index in [4.69, 9.17) is 11.5 Å². The summed E-state index contributed by atoms with van der Waals surface area (Å²) in [5.74, 6) is -1.19. The van der Waals surface area contributed by atoms with Crippen LogP contribution < -0.4 is 32.7 Å². The normalized spacial score (nSPS) is 23.8. The number of rotatable bonds is 6. The maximum Gasteiger partial charge on any atom is 0.243 e. The maximum atomic E-state index is 13.4. The van der Waals surface area contributed by atoms with Gasteiger partial charge in [-0.2, -0.15) is 0 Å². The summed E-state index contributed by atoms with van der Waals surface area (Å²) in [6.07, 6.45) is 2.82. The maximum absolute atomic E-state index is 13.4. The summed E-state index contributed by atoms with van der Waals surface area (Å²) in [6.45, 7) is 2.54. The molecule has 0 aromatic heterocycles. The van der Waals surface area contributed by atoms with Crippen molar-refractivity contribution >= 4 is 17.7 Å². The Bertz CT molecular complexity index is 1220. The zero-order chi connectivity index (χ0) is 28.6. The summed E-state index contributed by atoms with van der Waals surface area (Å²) in [7, 11) is 0. The van der Waals surface area contributed by atoms with E-state index >= 15 is 0 Å². The molecule has 1 fully saturated rings. The van der Waals surface area contributed by atoms with Crippen molar-refractivity contribution in [3.63, 3.8) is 0 Å². The van der Waals surface area contributed by atoms with Crippen molar-refractivity contribution < 1.29 is 24.6 Å². The minimum Gasteiger partial charge on any atom is -0.508 e. The molecule has 11 nitrogen and oxygen atoms in total. The molecule has 1 unspecified atom stereocenters. The van der Waals surface area contributed by atoms with Gasteiger partial charge in [-0.15, -0.1) is 0 Å². The summed E-state index contributed by atoms with van der Waals surface area (Å²) in [5, 5.41) is 32.9.